The van der Waals surface area contributed by atoms with Crippen molar-refractivity contribution in [3.63, 3.8) is 0 Å². The molecule has 0 unspecified atom stereocenters. The van der Waals surface area contributed by atoms with Crippen LogP contribution < -0.4 is 5.32 Å². The van der Waals surface area contributed by atoms with E-state index in [2.05, 4.69) is 5.32 Å². The molecular weight excluding hydrogens is 234 g/mol. The Kier molecular flexibility index (Phi) is 4.81. The lowest BCUT2D eigenvalue weighted by Crippen LogP contribution is -2.39. The maximum Gasteiger partial charge on any atom is 0.200 e. The van der Waals surface area contributed by atoms with Gasteiger partial charge in [-0.1, -0.05) is 19.9 Å². The molecule has 0 aliphatic rings. The van der Waals surface area contributed by atoms with Crippen molar-refractivity contribution in [3.05, 3.63) is 17.7 Å². The fourth-order valence-corrected chi connectivity index (χ4v) is 1.68. The highest BCUT2D eigenvalue weighted by molar-refractivity contribution is 5.52. The zero-order valence-electron chi connectivity index (χ0n) is 10.8. The van der Waals surface area contributed by atoms with Crippen LogP contribution in [0.2, 0.25) is 0 Å². The van der Waals surface area contributed by atoms with E-state index in [0.29, 0.717) is 31.5 Å². The molecule has 0 aliphatic heterocycles. The molecule has 18 heavy (non-hydrogen) atoms. The van der Waals surface area contributed by atoms with Gasteiger partial charge in [-0.15, -0.1) is 0 Å². The monoisotopic (exact) mass is 255 g/mol. The summed E-state index contributed by atoms with van der Waals surface area (Å²) in [5, 5.41) is 41.2. The fraction of sp³-hybridized carbons (Fsp3) is 0.538. The van der Waals surface area contributed by atoms with Crippen molar-refractivity contribution in [2.75, 3.05) is 6.54 Å². The van der Waals surface area contributed by atoms with Crippen LogP contribution in [-0.2, 0) is 6.54 Å². The van der Waals surface area contributed by atoms with Gasteiger partial charge in [-0.05, 0) is 18.9 Å². The Morgan fingerprint density at radius 1 is 1.06 bits per heavy atom. The molecule has 0 spiro atoms. The van der Waals surface area contributed by atoms with Gasteiger partial charge in [0.25, 0.3) is 0 Å². The van der Waals surface area contributed by atoms with Gasteiger partial charge in [-0.3, -0.25) is 0 Å². The largest absolute Gasteiger partial charge is 0.504 e. The number of phenols is 3. The topological polar surface area (TPSA) is 93.0 Å². The predicted octanol–water partition coefficient (Wildman–Crippen LogP) is 1.44. The molecule has 0 heterocycles. The lowest BCUT2D eigenvalue weighted by Gasteiger charge is -2.25. The Morgan fingerprint density at radius 3 is 2.22 bits per heavy atom. The molecule has 0 amide bonds. The van der Waals surface area contributed by atoms with Crippen LogP contribution in [0.3, 0.4) is 0 Å². The highest BCUT2D eigenvalue weighted by atomic mass is 16.3. The molecule has 5 nitrogen and oxygen atoms in total. The molecule has 0 atom stereocenters. The van der Waals surface area contributed by atoms with Gasteiger partial charge in [0.15, 0.2) is 11.5 Å². The van der Waals surface area contributed by atoms with E-state index in [1.54, 1.807) is 0 Å². The summed E-state index contributed by atoms with van der Waals surface area (Å²) in [6.45, 7) is 4.53. The molecule has 1 rings (SSSR count). The number of phenolic OH excluding ortho intramolecular Hbond substituents is 3. The number of rotatable bonds is 6. The Labute approximate surface area is 107 Å². The maximum absolute atomic E-state index is 10.1. The summed E-state index contributed by atoms with van der Waals surface area (Å²) in [5.74, 6) is -1.20. The number of aromatic hydroxyl groups is 3. The highest BCUT2D eigenvalue weighted by Gasteiger charge is 2.21. The van der Waals surface area contributed by atoms with Crippen LogP contribution in [0.25, 0.3) is 0 Å². The summed E-state index contributed by atoms with van der Waals surface area (Å²) >= 11 is 0. The smallest absolute Gasteiger partial charge is 0.200 e. The van der Waals surface area contributed by atoms with Crippen molar-refractivity contribution in [2.45, 2.75) is 38.8 Å². The Morgan fingerprint density at radius 2 is 1.67 bits per heavy atom. The second-order valence-electron chi connectivity index (χ2n) is 4.48. The Hall–Kier alpha value is -1.46. The van der Waals surface area contributed by atoms with Crippen LogP contribution in [0.15, 0.2) is 12.1 Å². The minimum absolute atomic E-state index is 0.308. The first-order valence-corrected chi connectivity index (χ1v) is 6.09. The molecule has 1 aromatic rings. The minimum atomic E-state index is -0.755. The van der Waals surface area contributed by atoms with Gasteiger partial charge >= 0.3 is 0 Å². The lowest BCUT2D eigenvalue weighted by atomic mass is 9.97. The maximum atomic E-state index is 10.1. The van der Waals surface area contributed by atoms with E-state index in [-0.39, 0.29) is 11.5 Å². The van der Waals surface area contributed by atoms with Crippen LogP contribution >= 0.6 is 0 Å². The molecule has 0 saturated heterocycles. The fourth-order valence-electron chi connectivity index (χ4n) is 1.68. The third kappa shape index (κ3) is 3.27. The van der Waals surface area contributed by atoms with Crippen LogP contribution in [0, 0.1) is 0 Å². The number of benzene rings is 1. The zero-order valence-corrected chi connectivity index (χ0v) is 10.8. The summed E-state index contributed by atoms with van der Waals surface area (Å²) in [6.07, 6.45) is 1.28. The van der Waals surface area contributed by atoms with Gasteiger partial charge in [0.2, 0.25) is 5.75 Å². The van der Waals surface area contributed by atoms with Crippen molar-refractivity contribution < 1.29 is 20.4 Å². The van der Waals surface area contributed by atoms with Crippen LogP contribution in [0.4, 0.5) is 0 Å². The van der Waals surface area contributed by atoms with Crippen molar-refractivity contribution >= 4 is 0 Å². The van der Waals surface area contributed by atoms with Gasteiger partial charge in [-0.25, -0.2) is 0 Å². The predicted molar refractivity (Wildman–Crippen MR) is 68.7 cm³/mol. The Balaban J connectivity index is 2.62. The summed E-state index contributed by atoms with van der Waals surface area (Å²) in [4.78, 5) is 0. The molecule has 1 aromatic carbocycles. The standard InChI is InChI=1S/C13H21NO4/c1-3-13(18,4-2)8-14-7-9-5-6-10(15)12(17)11(9)16/h5-6,14-18H,3-4,7-8H2,1-2H3. The van der Waals surface area contributed by atoms with E-state index in [1.807, 2.05) is 13.8 Å². The molecule has 5 N–H and O–H groups in total. The second kappa shape index (κ2) is 5.93. The van der Waals surface area contributed by atoms with Crippen molar-refractivity contribution in [1.29, 1.82) is 0 Å². The average molecular weight is 255 g/mol. The van der Waals surface area contributed by atoms with Crippen LogP contribution in [0.5, 0.6) is 17.2 Å². The molecule has 102 valence electrons. The highest BCUT2D eigenvalue weighted by Crippen LogP contribution is 2.36. The van der Waals surface area contributed by atoms with E-state index in [4.69, 9.17) is 0 Å². The van der Waals surface area contributed by atoms with Gasteiger partial charge < -0.3 is 25.7 Å². The van der Waals surface area contributed by atoms with Crippen LogP contribution in [-0.4, -0.2) is 32.6 Å². The van der Waals surface area contributed by atoms with E-state index < -0.39 is 11.4 Å². The summed E-state index contributed by atoms with van der Waals surface area (Å²) < 4.78 is 0. The van der Waals surface area contributed by atoms with E-state index in [9.17, 15) is 20.4 Å². The molecule has 0 bridgehead atoms. The lowest BCUT2D eigenvalue weighted by molar-refractivity contribution is 0.0322. The molecule has 0 radical (unpaired) electrons. The quantitative estimate of drug-likeness (QED) is 0.496. The molecule has 0 saturated carbocycles. The van der Waals surface area contributed by atoms with E-state index in [0.717, 1.165) is 0 Å². The van der Waals surface area contributed by atoms with Crippen molar-refractivity contribution in [1.82, 2.24) is 5.32 Å². The number of hydrogen-bond donors (Lipinski definition) is 5. The summed E-state index contributed by atoms with van der Waals surface area (Å²) in [6, 6.07) is 2.84. The molecule has 0 aliphatic carbocycles. The van der Waals surface area contributed by atoms with Gasteiger partial charge in [0.1, 0.15) is 0 Å². The van der Waals surface area contributed by atoms with Crippen LogP contribution in [0.1, 0.15) is 32.3 Å². The van der Waals surface area contributed by atoms with E-state index >= 15 is 0 Å². The zero-order chi connectivity index (χ0) is 13.8. The average Bonchev–Trinajstić information content (AvgIpc) is 2.38. The minimum Gasteiger partial charge on any atom is -0.504 e. The molecule has 5 heteroatoms. The third-order valence-corrected chi connectivity index (χ3v) is 3.30. The summed E-state index contributed by atoms with van der Waals surface area (Å²) in [5.41, 5.74) is -0.283. The molecular formula is C13H21NO4. The number of nitrogens with one attached hydrogen (secondary N) is 1. The van der Waals surface area contributed by atoms with Gasteiger partial charge in [0.05, 0.1) is 5.60 Å². The normalized spacial score (nSPS) is 11.7. The van der Waals surface area contributed by atoms with E-state index in [1.165, 1.54) is 12.1 Å². The van der Waals surface area contributed by atoms with Crippen molar-refractivity contribution in [2.24, 2.45) is 0 Å². The second-order valence-corrected chi connectivity index (χ2v) is 4.48. The summed E-state index contributed by atoms with van der Waals surface area (Å²) in [7, 11) is 0. The molecule has 0 fully saturated rings. The van der Waals surface area contributed by atoms with Crippen molar-refractivity contribution in [3.8, 4) is 17.2 Å². The van der Waals surface area contributed by atoms with Gasteiger partial charge in [0, 0.05) is 18.7 Å². The SMILES string of the molecule is CCC(O)(CC)CNCc1ccc(O)c(O)c1O. The van der Waals surface area contributed by atoms with Gasteiger partial charge in [-0.2, -0.15) is 0 Å². The first-order chi connectivity index (χ1) is 8.43. The molecule has 0 aromatic heterocycles. The number of aliphatic hydroxyl groups is 1. The first kappa shape index (κ1) is 14.6. The first-order valence-electron chi connectivity index (χ1n) is 6.09. The number of hydrogen-bond acceptors (Lipinski definition) is 5. The third-order valence-electron chi connectivity index (χ3n) is 3.30. The Bertz CT molecular complexity index is 402.